The Bertz CT molecular complexity index is 1650. The number of aromatic nitrogens is 5. The van der Waals surface area contributed by atoms with Crippen molar-refractivity contribution in [3.63, 3.8) is 0 Å². The quantitative estimate of drug-likeness (QED) is 0.260. The third-order valence-electron chi connectivity index (χ3n) is 9.27. The topological polar surface area (TPSA) is 104 Å². The molecule has 0 atom stereocenters. The third-order valence-corrected chi connectivity index (χ3v) is 9.27. The lowest BCUT2D eigenvalue weighted by molar-refractivity contribution is 0.0828. The first kappa shape index (κ1) is 26.0. The Morgan fingerprint density at radius 3 is 2.32 bits per heavy atom. The summed E-state index contributed by atoms with van der Waals surface area (Å²) in [5.41, 5.74) is 15.0. The van der Waals surface area contributed by atoms with Crippen LogP contribution in [0.5, 0.6) is 0 Å². The number of nitrogen functional groups attached to an aromatic ring is 1. The Labute approximate surface area is 240 Å². The number of likely N-dealkylation sites (N-methyl/N-ethyl adjacent to an activating group) is 1. The van der Waals surface area contributed by atoms with E-state index in [1.807, 2.05) is 0 Å². The van der Waals surface area contributed by atoms with E-state index in [9.17, 15) is 0 Å². The van der Waals surface area contributed by atoms with E-state index in [2.05, 4.69) is 93.1 Å². The van der Waals surface area contributed by atoms with Crippen molar-refractivity contribution in [3.05, 3.63) is 60.0 Å². The average molecular weight is 550 g/mol. The Balaban J connectivity index is 1.13. The number of H-pyrrole nitrogens is 1. The first-order valence-corrected chi connectivity index (χ1v) is 14.8. The summed E-state index contributed by atoms with van der Waals surface area (Å²) in [6, 6.07) is 13.8. The van der Waals surface area contributed by atoms with Crippen molar-refractivity contribution in [1.29, 1.82) is 0 Å². The van der Waals surface area contributed by atoms with E-state index in [1.165, 1.54) is 44.6 Å². The van der Waals surface area contributed by atoms with Crippen molar-refractivity contribution in [2.24, 2.45) is 0 Å². The van der Waals surface area contributed by atoms with E-state index in [0.717, 1.165) is 63.2 Å². The molecule has 4 N–H and O–H groups in total. The number of nitrogens with two attached hydrogens (primary N) is 1. The minimum atomic E-state index is 0.421. The predicted octanol–water partition coefficient (Wildman–Crippen LogP) is 5.65. The maximum absolute atomic E-state index is 6.46. The van der Waals surface area contributed by atoms with Gasteiger partial charge < -0.3 is 25.5 Å². The van der Waals surface area contributed by atoms with Crippen molar-refractivity contribution in [3.8, 4) is 11.1 Å². The molecule has 9 heteroatoms. The molecule has 2 fully saturated rings. The molecule has 2 aromatic carbocycles. The molecule has 4 heterocycles. The fraction of sp³-hybridized carbons (Fsp3) is 0.406. The molecule has 212 valence electrons. The second-order valence-corrected chi connectivity index (χ2v) is 11.9. The molecule has 5 aromatic rings. The standard InChI is InChI=1S/C32H39N9/c1-20-4-5-21(2)29-28(20)37-32(38-29)36-23-8-6-22(7-9-23)26-18-41(31-27(26)30(33)34-19-35-31)25-12-10-24(11-13-25)40-16-14-39(3)15-17-40/h4-9,18-19,24-25H,10-17H2,1-3H3,(H2,33,34,35)(H2,36,37,38). The van der Waals surface area contributed by atoms with Gasteiger partial charge in [0.1, 0.15) is 17.8 Å². The van der Waals surface area contributed by atoms with Crippen LogP contribution >= 0.6 is 0 Å². The van der Waals surface area contributed by atoms with E-state index >= 15 is 0 Å². The number of anilines is 3. The summed E-state index contributed by atoms with van der Waals surface area (Å²) in [4.78, 5) is 22.4. The van der Waals surface area contributed by atoms with Crippen molar-refractivity contribution in [2.45, 2.75) is 51.6 Å². The van der Waals surface area contributed by atoms with Gasteiger partial charge in [-0.25, -0.2) is 15.0 Å². The van der Waals surface area contributed by atoms with Crippen LogP contribution in [0.4, 0.5) is 17.5 Å². The molecule has 0 unspecified atom stereocenters. The van der Waals surface area contributed by atoms with Crippen LogP contribution in [0, 0.1) is 13.8 Å². The number of fused-ring (bicyclic) bond motifs is 2. The molecular weight excluding hydrogens is 510 g/mol. The lowest BCUT2D eigenvalue weighted by Crippen LogP contribution is -2.49. The van der Waals surface area contributed by atoms with Crippen molar-refractivity contribution < 1.29 is 0 Å². The molecule has 1 aliphatic heterocycles. The maximum atomic E-state index is 6.46. The number of benzene rings is 2. The Kier molecular flexibility index (Phi) is 6.63. The van der Waals surface area contributed by atoms with Crippen molar-refractivity contribution >= 4 is 39.5 Å². The normalized spacial score (nSPS) is 20.7. The number of aryl methyl sites for hydroxylation is 2. The molecule has 41 heavy (non-hydrogen) atoms. The van der Waals surface area contributed by atoms with Crippen LogP contribution in [-0.4, -0.2) is 73.6 Å². The zero-order valence-corrected chi connectivity index (χ0v) is 24.2. The Hall–Kier alpha value is -3.95. The predicted molar refractivity (Wildman–Crippen MR) is 167 cm³/mol. The molecule has 0 bridgehead atoms. The van der Waals surface area contributed by atoms with Gasteiger partial charge >= 0.3 is 0 Å². The van der Waals surface area contributed by atoms with Gasteiger partial charge in [0.15, 0.2) is 0 Å². The van der Waals surface area contributed by atoms with Gasteiger partial charge in [-0.3, -0.25) is 4.90 Å². The summed E-state index contributed by atoms with van der Waals surface area (Å²) in [5, 5.41) is 4.38. The zero-order valence-electron chi connectivity index (χ0n) is 24.2. The first-order valence-electron chi connectivity index (χ1n) is 14.8. The number of aromatic amines is 1. The van der Waals surface area contributed by atoms with Crippen LogP contribution in [0.15, 0.2) is 48.9 Å². The van der Waals surface area contributed by atoms with E-state index in [0.29, 0.717) is 17.9 Å². The van der Waals surface area contributed by atoms with Gasteiger partial charge in [0, 0.05) is 55.7 Å². The highest BCUT2D eigenvalue weighted by molar-refractivity contribution is 6.00. The highest BCUT2D eigenvalue weighted by Gasteiger charge is 2.30. The van der Waals surface area contributed by atoms with Crippen LogP contribution in [0.3, 0.4) is 0 Å². The van der Waals surface area contributed by atoms with Crippen molar-refractivity contribution in [1.82, 2.24) is 34.3 Å². The number of imidazole rings is 1. The molecule has 7 rings (SSSR count). The van der Waals surface area contributed by atoms with Crippen LogP contribution in [0.1, 0.15) is 42.9 Å². The second-order valence-electron chi connectivity index (χ2n) is 11.9. The molecule has 3 aromatic heterocycles. The zero-order chi connectivity index (χ0) is 28.1. The number of nitrogens with zero attached hydrogens (tertiary/aromatic N) is 6. The van der Waals surface area contributed by atoms with Gasteiger partial charge in [0.05, 0.1) is 16.4 Å². The minimum absolute atomic E-state index is 0.421. The lowest BCUT2D eigenvalue weighted by atomic mass is 9.89. The number of hydrogen-bond acceptors (Lipinski definition) is 7. The molecule has 9 nitrogen and oxygen atoms in total. The molecule has 0 spiro atoms. The second kappa shape index (κ2) is 10.5. The Morgan fingerprint density at radius 1 is 0.878 bits per heavy atom. The first-order chi connectivity index (χ1) is 19.9. The molecule has 0 amide bonds. The fourth-order valence-electron chi connectivity index (χ4n) is 6.78. The van der Waals surface area contributed by atoms with E-state index in [-0.39, 0.29) is 0 Å². The van der Waals surface area contributed by atoms with E-state index < -0.39 is 0 Å². The molecule has 0 radical (unpaired) electrons. The summed E-state index contributed by atoms with van der Waals surface area (Å²) in [5.74, 6) is 1.27. The number of rotatable bonds is 5. The summed E-state index contributed by atoms with van der Waals surface area (Å²) in [6.07, 6.45) is 8.62. The summed E-state index contributed by atoms with van der Waals surface area (Å²) in [6.45, 7) is 8.91. The van der Waals surface area contributed by atoms with Crippen LogP contribution in [-0.2, 0) is 0 Å². The van der Waals surface area contributed by atoms with Crippen LogP contribution in [0.2, 0.25) is 0 Å². The highest BCUT2D eigenvalue weighted by Crippen LogP contribution is 2.39. The molecule has 2 aliphatic rings. The van der Waals surface area contributed by atoms with Crippen molar-refractivity contribution in [2.75, 3.05) is 44.3 Å². The van der Waals surface area contributed by atoms with E-state index in [1.54, 1.807) is 6.33 Å². The molecule has 1 aliphatic carbocycles. The lowest BCUT2D eigenvalue weighted by Gasteiger charge is -2.41. The van der Waals surface area contributed by atoms with Gasteiger partial charge in [0.2, 0.25) is 5.95 Å². The summed E-state index contributed by atoms with van der Waals surface area (Å²) < 4.78 is 2.37. The summed E-state index contributed by atoms with van der Waals surface area (Å²) >= 11 is 0. The SMILES string of the molecule is Cc1ccc(C)c2[nH]c(Nc3ccc(-c4cn(C5CCC(N6CCN(C)CC6)CC5)c5ncnc(N)c45)cc3)nc12. The number of nitrogens with one attached hydrogen (secondary N) is 2. The van der Waals surface area contributed by atoms with Crippen LogP contribution in [0.25, 0.3) is 33.2 Å². The van der Waals surface area contributed by atoms with Gasteiger partial charge in [-0.2, -0.15) is 0 Å². The van der Waals surface area contributed by atoms with E-state index in [4.69, 9.17) is 15.7 Å². The molecular formula is C32H39N9. The van der Waals surface area contributed by atoms with Gasteiger partial charge in [-0.05, 0) is 75.4 Å². The number of piperazine rings is 1. The van der Waals surface area contributed by atoms with Crippen LogP contribution < -0.4 is 11.1 Å². The third kappa shape index (κ3) is 4.83. The fourth-order valence-corrected chi connectivity index (χ4v) is 6.78. The monoisotopic (exact) mass is 549 g/mol. The minimum Gasteiger partial charge on any atom is -0.383 e. The molecule has 1 saturated heterocycles. The van der Waals surface area contributed by atoms with Gasteiger partial charge in [-0.1, -0.05) is 24.3 Å². The van der Waals surface area contributed by atoms with Gasteiger partial charge in [0.25, 0.3) is 0 Å². The maximum Gasteiger partial charge on any atom is 0.205 e. The van der Waals surface area contributed by atoms with Gasteiger partial charge in [-0.15, -0.1) is 0 Å². The smallest absolute Gasteiger partial charge is 0.205 e. The molecule has 1 saturated carbocycles. The number of hydrogen-bond donors (Lipinski definition) is 3. The highest BCUT2D eigenvalue weighted by atomic mass is 15.3. The summed E-state index contributed by atoms with van der Waals surface area (Å²) in [7, 11) is 2.23. The average Bonchev–Trinajstić information content (AvgIpc) is 3.60. The largest absolute Gasteiger partial charge is 0.383 e. The Morgan fingerprint density at radius 2 is 1.59 bits per heavy atom.